The summed E-state index contributed by atoms with van der Waals surface area (Å²) in [6.07, 6.45) is 1.22. The zero-order valence-corrected chi connectivity index (χ0v) is 10.8. The van der Waals surface area contributed by atoms with Gasteiger partial charge in [0, 0.05) is 19.1 Å². The molecule has 19 heavy (non-hydrogen) atoms. The molecule has 2 N–H and O–H groups in total. The molecule has 0 unspecified atom stereocenters. The molecule has 2 rings (SSSR count). The molecule has 0 radical (unpaired) electrons. The van der Waals surface area contributed by atoms with Gasteiger partial charge in [-0.1, -0.05) is 0 Å². The van der Waals surface area contributed by atoms with Crippen molar-refractivity contribution in [1.82, 2.24) is 4.31 Å². The number of sulfonamides is 1. The van der Waals surface area contributed by atoms with Crippen LogP contribution < -0.4 is 5.73 Å². The molecular weight excluding hydrogens is 281 g/mol. The molecule has 1 fully saturated rings. The molecule has 1 aromatic carbocycles. The Labute approximate surface area is 109 Å². The summed E-state index contributed by atoms with van der Waals surface area (Å²) in [6.45, 7) is 0.231. The number of nitrogens with two attached hydrogens (primary N) is 1. The van der Waals surface area contributed by atoms with Gasteiger partial charge in [-0.3, -0.25) is 0 Å². The van der Waals surface area contributed by atoms with Crippen LogP contribution >= 0.6 is 0 Å². The zero-order valence-electron chi connectivity index (χ0n) is 9.94. The lowest BCUT2D eigenvalue weighted by atomic mass is 10.1. The number of benzene rings is 1. The summed E-state index contributed by atoms with van der Waals surface area (Å²) in [7, 11) is -4.19. The summed E-state index contributed by atoms with van der Waals surface area (Å²) in [5.41, 5.74) is 5.66. The molecule has 0 bridgehead atoms. The van der Waals surface area contributed by atoms with Crippen LogP contribution in [0.5, 0.6) is 0 Å². The fourth-order valence-corrected chi connectivity index (χ4v) is 3.63. The molecule has 1 saturated heterocycles. The molecule has 4 nitrogen and oxygen atoms in total. The van der Waals surface area contributed by atoms with Crippen molar-refractivity contribution in [3.63, 3.8) is 0 Å². The molecule has 1 heterocycles. The van der Waals surface area contributed by atoms with E-state index < -0.39 is 32.4 Å². The smallest absolute Gasteiger partial charge is 0.246 e. The van der Waals surface area contributed by atoms with Gasteiger partial charge in [-0.2, -0.15) is 4.31 Å². The largest absolute Gasteiger partial charge is 0.327 e. The Morgan fingerprint density at radius 3 is 2.53 bits per heavy atom. The predicted octanol–water partition coefficient (Wildman–Crippen LogP) is 1.22. The van der Waals surface area contributed by atoms with Crippen molar-refractivity contribution >= 4 is 10.0 Å². The summed E-state index contributed by atoms with van der Waals surface area (Å²) in [6, 6.07) is 0.982. The van der Waals surface area contributed by atoms with E-state index in [4.69, 9.17) is 5.73 Å². The van der Waals surface area contributed by atoms with Crippen molar-refractivity contribution in [3.05, 3.63) is 29.6 Å². The second-order valence-corrected chi connectivity index (χ2v) is 6.35. The first-order valence-corrected chi connectivity index (χ1v) is 7.17. The van der Waals surface area contributed by atoms with Gasteiger partial charge in [-0.15, -0.1) is 0 Å². The lowest BCUT2D eigenvalue weighted by molar-refractivity contribution is 0.314. The van der Waals surface area contributed by atoms with E-state index in [9.17, 15) is 21.6 Å². The van der Waals surface area contributed by atoms with Crippen LogP contribution in [0.25, 0.3) is 0 Å². The Morgan fingerprint density at radius 2 is 1.89 bits per heavy atom. The Bertz CT molecular complexity index is 592. The minimum Gasteiger partial charge on any atom is -0.327 e. The van der Waals surface area contributed by atoms with Crippen LogP contribution in [0, 0.1) is 17.5 Å². The number of piperidine rings is 1. The van der Waals surface area contributed by atoms with Gasteiger partial charge >= 0.3 is 0 Å². The first-order valence-electron chi connectivity index (χ1n) is 5.73. The fraction of sp³-hybridized carbons (Fsp3) is 0.455. The van der Waals surface area contributed by atoms with Gasteiger partial charge in [0.05, 0.1) is 0 Å². The normalized spacial score (nSPS) is 21.6. The minimum absolute atomic E-state index is 0.0424. The fourth-order valence-electron chi connectivity index (χ4n) is 2.04. The quantitative estimate of drug-likeness (QED) is 0.834. The van der Waals surface area contributed by atoms with E-state index in [0.717, 1.165) is 10.4 Å². The first-order chi connectivity index (χ1) is 8.84. The Morgan fingerprint density at radius 1 is 1.21 bits per heavy atom. The van der Waals surface area contributed by atoms with Crippen LogP contribution in [-0.4, -0.2) is 31.9 Å². The van der Waals surface area contributed by atoms with E-state index in [-0.39, 0.29) is 19.1 Å². The monoisotopic (exact) mass is 294 g/mol. The maximum atomic E-state index is 13.6. The van der Waals surface area contributed by atoms with Crippen LogP contribution in [0.4, 0.5) is 13.2 Å². The molecular formula is C11H13F3N2O2S. The summed E-state index contributed by atoms with van der Waals surface area (Å²) in [4.78, 5) is -0.861. The third-order valence-corrected chi connectivity index (χ3v) is 4.92. The van der Waals surface area contributed by atoms with Crippen molar-refractivity contribution in [2.24, 2.45) is 5.73 Å². The van der Waals surface area contributed by atoms with Crippen LogP contribution in [0.2, 0.25) is 0 Å². The molecule has 8 heteroatoms. The lowest BCUT2D eigenvalue weighted by Crippen LogP contribution is -2.45. The maximum Gasteiger partial charge on any atom is 0.246 e. The summed E-state index contributed by atoms with van der Waals surface area (Å²) in [5, 5.41) is 0. The van der Waals surface area contributed by atoms with Gasteiger partial charge in [-0.25, -0.2) is 21.6 Å². The van der Waals surface area contributed by atoms with Gasteiger partial charge in [-0.05, 0) is 25.0 Å². The van der Waals surface area contributed by atoms with E-state index in [1.807, 2.05) is 0 Å². The summed E-state index contributed by atoms with van der Waals surface area (Å²) < 4.78 is 64.8. The highest BCUT2D eigenvalue weighted by molar-refractivity contribution is 7.89. The molecule has 1 aliphatic rings. The molecule has 1 aromatic rings. The lowest BCUT2D eigenvalue weighted by Gasteiger charge is -2.29. The van der Waals surface area contributed by atoms with Crippen LogP contribution in [0.15, 0.2) is 17.0 Å². The number of hydrogen-bond acceptors (Lipinski definition) is 3. The Balaban J connectivity index is 2.42. The first kappa shape index (κ1) is 14.3. The van der Waals surface area contributed by atoms with E-state index >= 15 is 0 Å². The molecule has 0 spiro atoms. The van der Waals surface area contributed by atoms with Gasteiger partial charge in [0.1, 0.15) is 4.90 Å². The third-order valence-electron chi connectivity index (χ3n) is 3.04. The standard InChI is InChI=1S/C11H13F3N2O2S/c12-8-3-4-9(11(14)10(8)13)19(17,18)16-5-1-2-7(15)6-16/h3-4,7H,1-2,5-6,15H2/t7-/m1/s1. The van der Waals surface area contributed by atoms with E-state index in [2.05, 4.69) is 0 Å². The van der Waals surface area contributed by atoms with E-state index in [1.54, 1.807) is 0 Å². The van der Waals surface area contributed by atoms with Gasteiger partial charge in [0.25, 0.3) is 0 Å². The number of hydrogen-bond donors (Lipinski definition) is 1. The Kier molecular flexibility index (Phi) is 3.84. The summed E-state index contributed by atoms with van der Waals surface area (Å²) >= 11 is 0. The molecule has 0 aliphatic carbocycles. The molecule has 1 aliphatic heterocycles. The molecule has 106 valence electrons. The summed E-state index contributed by atoms with van der Waals surface area (Å²) in [5.74, 6) is -4.91. The van der Waals surface area contributed by atoms with Crippen LogP contribution in [-0.2, 0) is 10.0 Å². The van der Waals surface area contributed by atoms with Gasteiger partial charge in [0.2, 0.25) is 10.0 Å². The Hall–Kier alpha value is -1.12. The second-order valence-electron chi connectivity index (χ2n) is 4.44. The topological polar surface area (TPSA) is 63.4 Å². The van der Waals surface area contributed by atoms with Crippen LogP contribution in [0.3, 0.4) is 0 Å². The molecule has 0 aromatic heterocycles. The molecule has 1 atom stereocenters. The third kappa shape index (κ3) is 2.60. The van der Waals surface area contributed by atoms with Crippen molar-refractivity contribution in [2.45, 2.75) is 23.8 Å². The zero-order chi connectivity index (χ0) is 14.2. The predicted molar refractivity (Wildman–Crippen MR) is 62.3 cm³/mol. The minimum atomic E-state index is -4.19. The molecule has 0 saturated carbocycles. The molecule has 0 amide bonds. The van der Waals surface area contributed by atoms with Crippen molar-refractivity contribution in [2.75, 3.05) is 13.1 Å². The average molecular weight is 294 g/mol. The SMILES string of the molecule is N[C@@H]1CCCN(S(=O)(=O)c2ccc(F)c(F)c2F)C1. The van der Waals surface area contributed by atoms with E-state index in [0.29, 0.717) is 18.9 Å². The van der Waals surface area contributed by atoms with Crippen molar-refractivity contribution in [1.29, 1.82) is 0 Å². The highest BCUT2D eigenvalue weighted by Crippen LogP contribution is 2.25. The van der Waals surface area contributed by atoms with Gasteiger partial charge < -0.3 is 5.73 Å². The maximum absolute atomic E-state index is 13.6. The second kappa shape index (κ2) is 5.10. The van der Waals surface area contributed by atoms with E-state index in [1.165, 1.54) is 0 Å². The van der Waals surface area contributed by atoms with Gasteiger partial charge in [0.15, 0.2) is 17.5 Å². The number of nitrogens with zero attached hydrogens (tertiary/aromatic N) is 1. The van der Waals surface area contributed by atoms with Crippen molar-refractivity contribution < 1.29 is 21.6 Å². The van der Waals surface area contributed by atoms with Crippen molar-refractivity contribution in [3.8, 4) is 0 Å². The number of rotatable bonds is 2. The highest BCUT2D eigenvalue weighted by atomic mass is 32.2. The average Bonchev–Trinajstić information content (AvgIpc) is 2.36. The van der Waals surface area contributed by atoms with Crippen LogP contribution in [0.1, 0.15) is 12.8 Å². The highest BCUT2D eigenvalue weighted by Gasteiger charge is 2.32. The number of halogens is 3.